The lowest BCUT2D eigenvalue weighted by atomic mass is 9.99. The number of halogens is 3. The van der Waals surface area contributed by atoms with E-state index in [4.69, 9.17) is 0 Å². The zero-order chi connectivity index (χ0) is 28.5. The van der Waals surface area contributed by atoms with Gasteiger partial charge in [-0.3, -0.25) is 24.5 Å². The van der Waals surface area contributed by atoms with Crippen LogP contribution in [0.1, 0.15) is 57.5 Å². The van der Waals surface area contributed by atoms with Gasteiger partial charge in [-0.1, -0.05) is 6.07 Å². The number of likely N-dealkylation sites (tertiary alicyclic amines) is 2. The van der Waals surface area contributed by atoms with Gasteiger partial charge in [0.05, 0.1) is 23.8 Å². The Morgan fingerprint density at radius 3 is 2.46 bits per heavy atom. The molecule has 3 aromatic carbocycles. The van der Waals surface area contributed by atoms with Gasteiger partial charge in [-0.2, -0.15) is 5.10 Å². The van der Waals surface area contributed by atoms with Crippen molar-refractivity contribution in [1.29, 1.82) is 0 Å². The molecule has 2 fully saturated rings. The minimum atomic E-state index is -0.743. The lowest BCUT2D eigenvalue weighted by molar-refractivity contribution is 0.0790. The molecule has 3 heterocycles. The van der Waals surface area contributed by atoms with Crippen molar-refractivity contribution in [3.05, 3.63) is 94.3 Å². The second kappa shape index (κ2) is 11.5. The molecule has 1 atom stereocenters. The van der Waals surface area contributed by atoms with Gasteiger partial charge in [0, 0.05) is 23.6 Å². The number of hydrogen-bond acceptors (Lipinski definition) is 5. The van der Waals surface area contributed by atoms with Crippen LogP contribution < -0.4 is 5.32 Å². The van der Waals surface area contributed by atoms with E-state index >= 15 is 0 Å². The summed E-state index contributed by atoms with van der Waals surface area (Å²) in [6.07, 6.45) is 4.25. The van der Waals surface area contributed by atoms with Gasteiger partial charge >= 0.3 is 0 Å². The van der Waals surface area contributed by atoms with Crippen LogP contribution in [0.15, 0.2) is 54.6 Å². The number of carbonyl (C=O) groups is 2. The normalized spacial score (nSPS) is 17.9. The summed E-state index contributed by atoms with van der Waals surface area (Å²) in [5.74, 6) is -2.73. The molecule has 212 valence electrons. The van der Waals surface area contributed by atoms with E-state index in [2.05, 4.69) is 25.3 Å². The minimum Gasteiger partial charge on any atom is -0.304 e. The number of anilines is 1. The second-order valence-corrected chi connectivity index (χ2v) is 10.9. The number of hydrogen-bond donors (Lipinski definition) is 2. The van der Waals surface area contributed by atoms with Crippen molar-refractivity contribution in [2.45, 2.75) is 38.1 Å². The van der Waals surface area contributed by atoms with E-state index in [9.17, 15) is 22.8 Å². The van der Waals surface area contributed by atoms with Crippen LogP contribution in [0.2, 0.25) is 0 Å². The average molecular weight is 562 g/mol. The molecule has 2 aliphatic rings. The fourth-order valence-electron chi connectivity index (χ4n) is 5.91. The van der Waals surface area contributed by atoms with E-state index in [1.54, 1.807) is 18.2 Å². The molecule has 1 unspecified atom stereocenters. The predicted octanol–water partition coefficient (Wildman–Crippen LogP) is 5.52. The number of aromatic nitrogens is 2. The van der Waals surface area contributed by atoms with E-state index in [1.165, 1.54) is 37.1 Å². The highest BCUT2D eigenvalue weighted by molar-refractivity contribution is 6.10. The molecule has 0 saturated carbocycles. The van der Waals surface area contributed by atoms with E-state index < -0.39 is 23.4 Å². The fraction of sp³-hybridized carbons (Fsp3) is 0.323. The lowest BCUT2D eigenvalue weighted by Gasteiger charge is -2.28. The third kappa shape index (κ3) is 5.89. The van der Waals surface area contributed by atoms with E-state index in [-0.39, 0.29) is 29.6 Å². The van der Waals surface area contributed by atoms with Crippen LogP contribution in [0.5, 0.6) is 0 Å². The quantitative estimate of drug-likeness (QED) is 0.277. The smallest absolute Gasteiger partial charge is 0.259 e. The van der Waals surface area contributed by atoms with Gasteiger partial charge in [0.2, 0.25) is 0 Å². The molecule has 7 nitrogen and oxygen atoms in total. The van der Waals surface area contributed by atoms with Crippen molar-refractivity contribution in [2.75, 3.05) is 31.6 Å². The Kier molecular flexibility index (Phi) is 7.59. The summed E-state index contributed by atoms with van der Waals surface area (Å²) in [6, 6.07) is 12.2. The van der Waals surface area contributed by atoms with E-state index in [0.717, 1.165) is 56.8 Å². The van der Waals surface area contributed by atoms with Crippen molar-refractivity contribution >= 4 is 28.4 Å². The largest absolute Gasteiger partial charge is 0.304 e. The van der Waals surface area contributed by atoms with Crippen molar-refractivity contribution in [2.24, 2.45) is 0 Å². The van der Waals surface area contributed by atoms with E-state index in [1.807, 2.05) is 0 Å². The first-order valence-electron chi connectivity index (χ1n) is 13.9. The van der Waals surface area contributed by atoms with Gasteiger partial charge in [-0.05, 0) is 98.8 Å². The molecular weight excluding hydrogens is 531 g/mol. The first-order chi connectivity index (χ1) is 19.8. The monoisotopic (exact) mass is 561 g/mol. The summed E-state index contributed by atoms with van der Waals surface area (Å²) in [5.41, 5.74) is 1.88. The highest BCUT2D eigenvalue weighted by Crippen LogP contribution is 2.26. The van der Waals surface area contributed by atoms with Gasteiger partial charge in [-0.25, -0.2) is 13.2 Å². The Balaban J connectivity index is 1.20. The van der Waals surface area contributed by atoms with Crippen LogP contribution in [-0.2, 0) is 6.42 Å². The number of ketones is 1. The summed E-state index contributed by atoms with van der Waals surface area (Å²) in [6.45, 7) is 3.65. The number of amides is 1. The Hall–Kier alpha value is -4.02. The van der Waals surface area contributed by atoms with Crippen LogP contribution in [0.3, 0.4) is 0 Å². The Morgan fingerprint density at radius 2 is 1.68 bits per heavy atom. The zero-order valence-electron chi connectivity index (χ0n) is 22.4. The molecule has 2 saturated heterocycles. The van der Waals surface area contributed by atoms with Crippen LogP contribution in [0.25, 0.3) is 10.9 Å². The van der Waals surface area contributed by atoms with Crippen LogP contribution in [0, 0.1) is 17.5 Å². The number of rotatable bonds is 8. The topological polar surface area (TPSA) is 81.3 Å². The van der Waals surface area contributed by atoms with Crippen LogP contribution >= 0.6 is 0 Å². The number of carbonyl (C=O) groups excluding carboxylic acids is 2. The van der Waals surface area contributed by atoms with Crippen LogP contribution in [-0.4, -0.2) is 64.0 Å². The molecule has 0 radical (unpaired) electrons. The zero-order valence-corrected chi connectivity index (χ0v) is 22.4. The predicted molar refractivity (Wildman–Crippen MR) is 149 cm³/mol. The van der Waals surface area contributed by atoms with E-state index in [0.29, 0.717) is 22.0 Å². The molecular formula is C31H30F3N5O2. The fourth-order valence-corrected chi connectivity index (χ4v) is 5.91. The van der Waals surface area contributed by atoms with Crippen molar-refractivity contribution in [3.63, 3.8) is 0 Å². The Bertz CT molecular complexity index is 1590. The number of nitrogens with zero attached hydrogens (tertiary/aromatic N) is 3. The maximum absolute atomic E-state index is 14.8. The summed E-state index contributed by atoms with van der Waals surface area (Å²) in [7, 11) is 0. The second-order valence-electron chi connectivity index (χ2n) is 10.9. The molecule has 0 spiro atoms. The lowest BCUT2D eigenvalue weighted by Crippen LogP contribution is -2.43. The van der Waals surface area contributed by atoms with Gasteiger partial charge in [0.15, 0.2) is 11.6 Å². The molecule has 4 aromatic rings. The van der Waals surface area contributed by atoms with Crippen LogP contribution in [0.4, 0.5) is 19.0 Å². The molecule has 6 rings (SSSR count). The first kappa shape index (κ1) is 27.2. The maximum atomic E-state index is 14.8. The molecule has 10 heteroatoms. The Labute approximate surface area is 235 Å². The Morgan fingerprint density at radius 1 is 0.902 bits per heavy atom. The molecule has 0 aliphatic carbocycles. The number of fused-ring (bicyclic) bond motifs is 1. The summed E-state index contributed by atoms with van der Waals surface area (Å²) in [5, 5.41) is 10.2. The number of benzene rings is 3. The number of Topliss-reactive ketones (excluding diaryl/α,β-unsaturated/α-hetero) is 1. The molecule has 1 aromatic heterocycles. The number of aromatic amines is 1. The minimum absolute atomic E-state index is 0.112. The molecule has 1 amide bonds. The third-order valence-corrected chi connectivity index (χ3v) is 7.93. The van der Waals surface area contributed by atoms with Gasteiger partial charge in [0.1, 0.15) is 17.5 Å². The highest BCUT2D eigenvalue weighted by atomic mass is 19.1. The summed E-state index contributed by atoms with van der Waals surface area (Å²) >= 11 is 0. The third-order valence-electron chi connectivity index (χ3n) is 7.93. The summed E-state index contributed by atoms with van der Waals surface area (Å²) < 4.78 is 42.1. The maximum Gasteiger partial charge on any atom is 0.259 e. The average Bonchev–Trinajstić information content (AvgIpc) is 3.71. The van der Waals surface area contributed by atoms with Gasteiger partial charge in [0.25, 0.3) is 5.91 Å². The number of H-pyrrole nitrogens is 1. The SMILES string of the molecule is O=C(Nc1n[nH]c2ccc(Cc3cc(F)cc(F)c3)cc12)c1cc(C(=O)C2CCCN2CN2CCCC2)ccc1F. The highest BCUT2D eigenvalue weighted by Gasteiger charge is 2.33. The van der Waals surface area contributed by atoms with Crippen molar-refractivity contribution in [3.8, 4) is 0 Å². The standard InChI is InChI=1S/C31H30F3N5O2/c32-22-13-20(14-23(33)17-22)12-19-5-8-27-25(15-19)30(37-36-27)35-31(41)24-16-21(6-7-26(24)34)29(40)28-4-3-11-39(28)18-38-9-1-2-10-38/h5-8,13-17,28H,1-4,9-12,18H2,(H2,35,36,37,41). The first-order valence-corrected chi connectivity index (χ1v) is 13.9. The van der Waals surface area contributed by atoms with Gasteiger partial charge < -0.3 is 5.32 Å². The van der Waals surface area contributed by atoms with Crippen molar-refractivity contribution < 1.29 is 22.8 Å². The molecule has 2 aliphatic heterocycles. The summed E-state index contributed by atoms with van der Waals surface area (Å²) in [4.78, 5) is 31.2. The molecule has 41 heavy (non-hydrogen) atoms. The van der Waals surface area contributed by atoms with Gasteiger partial charge in [-0.15, -0.1) is 0 Å². The molecule has 0 bridgehead atoms. The number of nitrogens with one attached hydrogen (secondary N) is 2. The van der Waals surface area contributed by atoms with Crippen molar-refractivity contribution in [1.82, 2.24) is 20.0 Å². The molecule has 2 N–H and O–H groups in total.